The molecule has 1 heterocycles. The molecule has 0 aliphatic heterocycles. The van der Waals surface area contributed by atoms with Gasteiger partial charge in [-0.1, -0.05) is 13.8 Å². The molecule has 0 fully saturated rings. The number of methoxy groups -OCH3 is 1. The highest BCUT2D eigenvalue weighted by Gasteiger charge is 2.25. The van der Waals surface area contributed by atoms with Crippen LogP contribution >= 0.6 is 11.3 Å². The van der Waals surface area contributed by atoms with E-state index in [0.717, 1.165) is 17.4 Å². The summed E-state index contributed by atoms with van der Waals surface area (Å²) in [6, 6.07) is 3.34. The van der Waals surface area contributed by atoms with Gasteiger partial charge in [0.1, 0.15) is 16.5 Å². The average Bonchev–Trinajstić information content (AvgIpc) is 2.75. The second-order valence-corrected chi connectivity index (χ2v) is 5.88. The SMILES string of the molecule is COC(=O)c1sc(-c2ccc(F)cc2F)c(C(C)C)c1N. The third kappa shape index (κ3) is 2.76. The van der Waals surface area contributed by atoms with Crippen molar-refractivity contribution in [1.29, 1.82) is 0 Å². The third-order valence-corrected chi connectivity index (χ3v) is 4.34. The summed E-state index contributed by atoms with van der Waals surface area (Å²) in [5.41, 5.74) is 7.20. The number of carbonyl (C=O) groups is 1. The fourth-order valence-electron chi connectivity index (χ4n) is 2.15. The van der Waals surface area contributed by atoms with Gasteiger partial charge in [-0.05, 0) is 23.6 Å². The Hall–Kier alpha value is -1.95. The van der Waals surface area contributed by atoms with Crippen LogP contribution in [0.15, 0.2) is 18.2 Å². The minimum atomic E-state index is -0.686. The first kappa shape index (κ1) is 15.4. The van der Waals surface area contributed by atoms with E-state index in [-0.39, 0.29) is 16.4 Å². The average molecular weight is 311 g/mol. The van der Waals surface area contributed by atoms with Crippen molar-refractivity contribution >= 4 is 23.0 Å². The molecule has 0 aliphatic rings. The zero-order valence-electron chi connectivity index (χ0n) is 11.9. The quantitative estimate of drug-likeness (QED) is 0.865. The molecule has 1 aromatic heterocycles. The van der Waals surface area contributed by atoms with Gasteiger partial charge in [0.2, 0.25) is 0 Å². The number of esters is 1. The highest BCUT2D eigenvalue weighted by molar-refractivity contribution is 7.18. The zero-order chi connectivity index (χ0) is 15.7. The molecule has 0 amide bonds. The number of hydrogen-bond donors (Lipinski definition) is 1. The van der Waals surface area contributed by atoms with E-state index in [1.165, 1.54) is 19.2 Å². The van der Waals surface area contributed by atoms with Crippen LogP contribution in [0, 0.1) is 11.6 Å². The van der Waals surface area contributed by atoms with Crippen LogP contribution in [0.25, 0.3) is 10.4 Å². The Bertz CT molecular complexity index is 695. The van der Waals surface area contributed by atoms with Crippen molar-refractivity contribution in [3.63, 3.8) is 0 Å². The van der Waals surface area contributed by atoms with Gasteiger partial charge in [0, 0.05) is 16.5 Å². The van der Waals surface area contributed by atoms with Crippen LogP contribution in [0.2, 0.25) is 0 Å². The molecular weight excluding hydrogens is 296 g/mol. The number of thiophene rings is 1. The Morgan fingerprint density at radius 1 is 1.33 bits per heavy atom. The largest absolute Gasteiger partial charge is 0.465 e. The molecule has 0 saturated heterocycles. The van der Waals surface area contributed by atoms with Crippen LogP contribution in [0.5, 0.6) is 0 Å². The predicted molar refractivity (Wildman–Crippen MR) is 79.5 cm³/mol. The molecule has 0 unspecified atom stereocenters. The van der Waals surface area contributed by atoms with E-state index in [1.807, 2.05) is 13.8 Å². The van der Waals surface area contributed by atoms with Crippen LogP contribution in [-0.2, 0) is 4.74 Å². The Morgan fingerprint density at radius 3 is 2.52 bits per heavy atom. The first-order chi connectivity index (χ1) is 9.86. The molecule has 1 aromatic carbocycles. The molecule has 6 heteroatoms. The molecule has 0 atom stereocenters. The van der Waals surface area contributed by atoms with Crippen molar-refractivity contribution in [3.8, 4) is 10.4 Å². The van der Waals surface area contributed by atoms with Crippen molar-refractivity contribution in [2.24, 2.45) is 0 Å². The van der Waals surface area contributed by atoms with Crippen molar-refractivity contribution < 1.29 is 18.3 Å². The summed E-state index contributed by atoms with van der Waals surface area (Å²) in [6.07, 6.45) is 0. The van der Waals surface area contributed by atoms with E-state index >= 15 is 0 Å². The van der Waals surface area contributed by atoms with Crippen molar-refractivity contribution in [1.82, 2.24) is 0 Å². The number of halogens is 2. The van der Waals surface area contributed by atoms with Crippen molar-refractivity contribution in [2.45, 2.75) is 19.8 Å². The van der Waals surface area contributed by atoms with Crippen LogP contribution in [-0.4, -0.2) is 13.1 Å². The Balaban J connectivity index is 2.70. The number of carbonyl (C=O) groups excluding carboxylic acids is 1. The molecule has 112 valence electrons. The maximum absolute atomic E-state index is 14.0. The molecule has 0 aliphatic carbocycles. The molecule has 2 rings (SSSR count). The lowest BCUT2D eigenvalue weighted by molar-refractivity contribution is 0.0607. The first-order valence-electron chi connectivity index (χ1n) is 6.32. The smallest absolute Gasteiger partial charge is 0.350 e. The van der Waals surface area contributed by atoms with Gasteiger partial charge in [0.15, 0.2) is 0 Å². The van der Waals surface area contributed by atoms with Crippen LogP contribution in [0.1, 0.15) is 35.0 Å². The maximum Gasteiger partial charge on any atom is 0.350 e. The van der Waals surface area contributed by atoms with Gasteiger partial charge in [-0.2, -0.15) is 0 Å². The number of rotatable bonds is 3. The standard InChI is InChI=1S/C15H15F2NO2S/c1-7(2)11-12(18)14(15(19)20-3)21-13(11)9-5-4-8(16)6-10(9)17/h4-7H,18H2,1-3H3. The van der Waals surface area contributed by atoms with Gasteiger partial charge >= 0.3 is 5.97 Å². The monoisotopic (exact) mass is 311 g/mol. The first-order valence-corrected chi connectivity index (χ1v) is 7.14. The summed E-state index contributed by atoms with van der Waals surface area (Å²) in [6.45, 7) is 3.79. The van der Waals surface area contributed by atoms with E-state index in [4.69, 9.17) is 5.73 Å². The number of ether oxygens (including phenoxy) is 1. The fourth-order valence-corrected chi connectivity index (χ4v) is 3.47. The summed E-state index contributed by atoms with van der Waals surface area (Å²) in [5, 5.41) is 0. The predicted octanol–water partition coefficient (Wildman–Crippen LogP) is 4.19. The zero-order valence-corrected chi connectivity index (χ0v) is 12.7. The number of nitrogen functional groups attached to an aromatic ring is 1. The van der Waals surface area contributed by atoms with Gasteiger partial charge in [0.25, 0.3) is 0 Å². The fraction of sp³-hybridized carbons (Fsp3) is 0.267. The van der Waals surface area contributed by atoms with Gasteiger partial charge in [0.05, 0.1) is 12.8 Å². The van der Waals surface area contributed by atoms with Gasteiger partial charge in [-0.25, -0.2) is 13.6 Å². The van der Waals surface area contributed by atoms with Gasteiger partial charge < -0.3 is 10.5 Å². The lowest BCUT2D eigenvalue weighted by atomic mass is 9.98. The summed E-state index contributed by atoms with van der Waals surface area (Å²) in [5.74, 6) is -1.91. The maximum atomic E-state index is 14.0. The highest BCUT2D eigenvalue weighted by atomic mass is 32.1. The number of anilines is 1. The second kappa shape index (κ2) is 5.81. The number of hydrogen-bond acceptors (Lipinski definition) is 4. The molecule has 0 radical (unpaired) electrons. The Morgan fingerprint density at radius 2 is 2.00 bits per heavy atom. The molecule has 0 saturated carbocycles. The van der Waals surface area contributed by atoms with Gasteiger partial charge in [-0.3, -0.25) is 0 Å². The normalized spacial score (nSPS) is 11.0. The van der Waals surface area contributed by atoms with Crippen LogP contribution < -0.4 is 5.73 Å². The van der Waals surface area contributed by atoms with Crippen molar-refractivity contribution in [3.05, 3.63) is 40.3 Å². The van der Waals surface area contributed by atoms with Gasteiger partial charge in [-0.15, -0.1) is 11.3 Å². The minimum absolute atomic E-state index is 0.0147. The van der Waals surface area contributed by atoms with Crippen LogP contribution in [0.3, 0.4) is 0 Å². The lowest BCUT2D eigenvalue weighted by Crippen LogP contribution is -2.03. The van der Waals surface area contributed by atoms with E-state index in [0.29, 0.717) is 16.1 Å². The third-order valence-electron chi connectivity index (χ3n) is 3.11. The second-order valence-electron chi connectivity index (χ2n) is 4.86. The highest BCUT2D eigenvalue weighted by Crippen LogP contribution is 2.43. The molecule has 2 N–H and O–H groups in total. The molecular formula is C15H15F2NO2S. The number of nitrogens with two attached hydrogens (primary N) is 1. The van der Waals surface area contributed by atoms with E-state index in [2.05, 4.69) is 4.74 Å². The van der Waals surface area contributed by atoms with Crippen molar-refractivity contribution in [2.75, 3.05) is 12.8 Å². The van der Waals surface area contributed by atoms with E-state index < -0.39 is 17.6 Å². The molecule has 21 heavy (non-hydrogen) atoms. The summed E-state index contributed by atoms with van der Waals surface area (Å²) in [4.78, 5) is 12.5. The molecule has 0 spiro atoms. The summed E-state index contributed by atoms with van der Waals surface area (Å²) < 4.78 is 31.8. The molecule has 2 aromatic rings. The van der Waals surface area contributed by atoms with E-state index in [1.54, 1.807) is 0 Å². The molecule has 0 bridgehead atoms. The minimum Gasteiger partial charge on any atom is -0.465 e. The lowest BCUT2D eigenvalue weighted by Gasteiger charge is -2.09. The summed E-state index contributed by atoms with van der Waals surface area (Å²) >= 11 is 1.06. The van der Waals surface area contributed by atoms with Crippen LogP contribution in [0.4, 0.5) is 14.5 Å². The Labute approximate surface area is 125 Å². The summed E-state index contributed by atoms with van der Waals surface area (Å²) in [7, 11) is 1.26. The van der Waals surface area contributed by atoms with E-state index in [9.17, 15) is 13.6 Å². The number of benzene rings is 1. The Kier molecular flexibility index (Phi) is 4.27. The topological polar surface area (TPSA) is 52.3 Å². The molecule has 3 nitrogen and oxygen atoms in total.